The fourth-order valence-electron chi connectivity index (χ4n) is 2.64. The fourth-order valence-corrected chi connectivity index (χ4v) is 2.77. The fraction of sp³-hybridized carbons (Fsp3) is 0.556. The second kappa shape index (κ2) is 7.95. The molecule has 1 aromatic carbocycles. The van der Waals surface area contributed by atoms with Gasteiger partial charge in [0.1, 0.15) is 11.4 Å². The normalized spacial score (nSPS) is 13.4. The molecule has 7 heteroatoms. The first kappa shape index (κ1) is 19.4. The molecule has 2 rings (SSSR count). The maximum atomic E-state index is 12.3. The molecular formula is C18H25ClN2O4. The topological polar surface area (TPSA) is 67.9 Å². The van der Waals surface area contributed by atoms with Crippen molar-refractivity contribution in [1.29, 1.82) is 0 Å². The minimum atomic E-state index is -0.518. The van der Waals surface area contributed by atoms with Crippen LogP contribution in [0.5, 0.6) is 5.75 Å². The van der Waals surface area contributed by atoms with Crippen LogP contribution in [-0.4, -0.2) is 35.5 Å². The molecule has 0 aromatic heterocycles. The van der Waals surface area contributed by atoms with Crippen LogP contribution in [0, 0.1) is 0 Å². The van der Waals surface area contributed by atoms with Gasteiger partial charge in [0.2, 0.25) is 5.24 Å². The molecule has 1 aromatic rings. The molecule has 25 heavy (non-hydrogen) atoms. The monoisotopic (exact) mass is 368 g/mol. The van der Waals surface area contributed by atoms with Gasteiger partial charge in [-0.2, -0.15) is 0 Å². The Bertz CT molecular complexity index is 655. The van der Waals surface area contributed by atoms with E-state index in [1.807, 2.05) is 32.9 Å². The van der Waals surface area contributed by atoms with Gasteiger partial charge >= 0.3 is 6.09 Å². The summed E-state index contributed by atoms with van der Waals surface area (Å²) < 4.78 is 10.9. The van der Waals surface area contributed by atoms with Crippen molar-refractivity contribution in [2.45, 2.75) is 52.3 Å². The lowest BCUT2D eigenvalue weighted by Crippen LogP contribution is -2.33. The SMILES string of the molecule is COc1cc2c(cc1NCCCC(=O)Cl)CN(C(=O)OC(C)(C)C)C2. The van der Waals surface area contributed by atoms with Gasteiger partial charge in [0, 0.05) is 26.1 Å². The molecule has 1 heterocycles. The standard InChI is InChI=1S/C18H25ClN2O4/c1-18(2,3)25-17(23)21-10-12-8-14(20-7-5-6-16(19)22)15(24-4)9-13(12)11-21/h8-9,20H,5-7,10-11H2,1-4H3. The van der Waals surface area contributed by atoms with Gasteiger partial charge in [0.05, 0.1) is 12.8 Å². The number of nitrogens with zero attached hydrogens (tertiary/aromatic N) is 1. The highest BCUT2D eigenvalue weighted by atomic mass is 35.5. The van der Waals surface area contributed by atoms with E-state index in [1.54, 1.807) is 12.0 Å². The Morgan fingerprint density at radius 2 is 1.88 bits per heavy atom. The van der Waals surface area contributed by atoms with Gasteiger partial charge < -0.3 is 14.8 Å². The van der Waals surface area contributed by atoms with Gasteiger partial charge in [-0.15, -0.1) is 0 Å². The number of amides is 1. The first-order valence-corrected chi connectivity index (χ1v) is 8.67. The molecule has 0 saturated carbocycles. The van der Waals surface area contributed by atoms with E-state index in [0.29, 0.717) is 38.2 Å². The number of methoxy groups -OCH3 is 1. The van der Waals surface area contributed by atoms with Gasteiger partial charge in [-0.25, -0.2) is 4.79 Å². The van der Waals surface area contributed by atoms with Crippen LogP contribution in [0.4, 0.5) is 10.5 Å². The van der Waals surface area contributed by atoms with Crippen molar-refractivity contribution in [2.24, 2.45) is 0 Å². The molecule has 0 bridgehead atoms. The number of carbonyl (C=O) groups excluding carboxylic acids is 2. The quantitative estimate of drug-likeness (QED) is 0.609. The predicted molar refractivity (Wildman–Crippen MR) is 97.1 cm³/mol. The Morgan fingerprint density at radius 1 is 1.24 bits per heavy atom. The van der Waals surface area contributed by atoms with Gasteiger partial charge in [0.25, 0.3) is 0 Å². The average molecular weight is 369 g/mol. The Hall–Kier alpha value is -1.95. The summed E-state index contributed by atoms with van der Waals surface area (Å²) in [5.74, 6) is 0.710. The lowest BCUT2D eigenvalue weighted by atomic mass is 10.1. The summed E-state index contributed by atoms with van der Waals surface area (Å²) in [6.07, 6.45) is 0.652. The lowest BCUT2D eigenvalue weighted by Gasteiger charge is -2.24. The van der Waals surface area contributed by atoms with Crippen molar-refractivity contribution in [2.75, 3.05) is 19.0 Å². The van der Waals surface area contributed by atoms with Crippen LogP contribution in [0.15, 0.2) is 12.1 Å². The summed E-state index contributed by atoms with van der Waals surface area (Å²) in [6.45, 7) is 7.17. The number of anilines is 1. The number of ether oxygens (including phenoxy) is 2. The summed E-state index contributed by atoms with van der Waals surface area (Å²) in [5, 5.41) is 2.92. The minimum Gasteiger partial charge on any atom is -0.495 e. The van der Waals surface area contributed by atoms with E-state index < -0.39 is 5.60 Å². The minimum absolute atomic E-state index is 0.321. The molecule has 1 amide bonds. The number of hydrogen-bond donors (Lipinski definition) is 1. The van der Waals surface area contributed by atoms with E-state index in [1.165, 1.54) is 0 Å². The van der Waals surface area contributed by atoms with Crippen molar-refractivity contribution in [1.82, 2.24) is 4.90 Å². The van der Waals surface area contributed by atoms with Crippen molar-refractivity contribution in [3.05, 3.63) is 23.3 Å². The number of hydrogen-bond acceptors (Lipinski definition) is 5. The van der Waals surface area contributed by atoms with E-state index in [0.717, 1.165) is 16.8 Å². The zero-order chi connectivity index (χ0) is 18.6. The third-order valence-corrected chi connectivity index (χ3v) is 3.95. The summed E-state index contributed by atoms with van der Waals surface area (Å²) in [6, 6.07) is 3.93. The first-order chi connectivity index (χ1) is 11.7. The van der Waals surface area contributed by atoms with Crippen LogP contribution in [0.2, 0.25) is 0 Å². The maximum Gasteiger partial charge on any atom is 0.410 e. The predicted octanol–water partition coefficient (Wildman–Crippen LogP) is 3.90. The van der Waals surface area contributed by atoms with Gasteiger partial charge in [0.15, 0.2) is 0 Å². The summed E-state index contributed by atoms with van der Waals surface area (Å²) >= 11 is 5.35. The van der Waals surface area contributed by atoms with E-state index in [-0.39, 0.29) is 11.3 Å². The Balaban J connectivity index is 2.05. The maximum absolute atomic E-state index is 12.3. The highest BCUT2D eigenvalue weighted by Crippen LogP contribution is 2.34. The lowest BCUT2D eigenvalue weighted by molar-refractivity contribution is -0.111. The number of halogens is 1. The van der Waals surface area contributed by atoms with E-state index in [4.69, 9.17) is 21.1 Å². The third-order valence-electron chi connectivity index (χ3n) is 3.76. The van der Waals surface area contributed by atoms with Crippen LogP contribution in [0.25, 0.3) is 0 Å². The van der Waals surface area contributed by atoms with E-state index in [2.05, 4.69) is 5.32 Å². The zero-order valence-corrected chi connectivity index (χ0v) is 15.9. The van der Waals surface area contributed by atoms with Gasteiger partial charge in [-0.1, -0.05) is 0 Å². The van der Waals surface area contributed by atoms with Crippen molar-refractivity contribution in [3.63, 3.8) is 0 Å². The molecule has 6 nitrogen and oxygen atoms in total. The van der Waals surface area contributed by atoms with Crippen LogP contribution in [-0.2, 0) is 22.6 Å². The van der Waals surface area contributed by atoms with Gasteiger partial charge in [-0.3, -0.25) is 9.69 Å². The molecule has 1 aliphatic heterocycles. The number of fused-ring (bicyclic) bond motifs is 1. The summed E-state index contributed by atoms with van der Waals surface area (Å²) in [5.41, 5.74) is 2.43. The Kier molecular flexibility index (Phi) is 6.16. The molecule has 0 radical (unpaired) electrons. The van der Waals surface area contributed by atoms with Crippen LogP contribution in [0.1, 0.15) is 44.7 Å². The molecular weight excluding hydrogens is 344 g/mol. The zero-order valence-electron chi connectivity index (χ0n) is 15.1. The number of nitrogens with one attached hydrogen (secondary N) is 1. The molecule has 0 unspecified atom stereocenters. The van der Waals surface area contributed by atoms with Gasteiger partial charge in [-0.05, 0) is 62.1 Å². The summed E-state index contributed by atoms with van der Waals surface area (Å²) in [4.78, 5) is 24.7. The Morgan fingerprint density at radius 3 is 2.44 bits per heavy atom. The van der Waals surface area contributed by atoms with Crippen molar-refractivity contribution < 1.29 is 19.1 Å². The molecule has 1 aliphatic rings. The Labute approximate surface area is 153 Å². The van der Waals surface area contributed by atoms with Crippen LogP contribution >= 0.6 is 11.6 Å². The van der Waals surface area contributed by atoms with Crippen molar-refractivity contribution >= 4 is 28.6 Å². The number of benzene rings is 1. The highest BCUT2D eigenvalue weighted by Gasteiger charge is 2.28. The molecule has 1 N–H and O–H groups in total. The molecule has 0 fully saturated rings. The second-order valence-electron chi connectivity index (χ2n) is 7.04. The van der Waals surface area contributed by atoms with Crippen LogP contribution < -0.4 is 10.1 Å². The van der Waals surface area contributed by atoms with Crippen molar-refractivity contribution in [3.8, 4) is 5.75 Å². The van der Waals surface area contributed by atoms with Crippen LogP contribution in [0.3, 0.4) is 0 Å². The summed E-state index contributed by atoms with van der Waals surface area (Å²) in [7, 11) is 1.61. The second-order valence-corrected chi connectivity index (χ2v) is 7.46. The number of carbonyl (C=O) groups is 2. The molecule has 0 aliphatic carbocycles. The molecule has 0 spiro atoms. The first-order valence-electron chi connectivity index (χ1n) is 8.29. The molecule has 138 valence electrons. The largest absolute Gasteiger partial charge is 0.495 e. The number of rotatable bonds is 6. The highest BCUT2D eigenvalue weighted by molar-refractivity contribution is 6.63. The van der Waals surface area contributed by atoms with E-state index in [9.17, 15) is 9.59 Å². The van der Waals surface area contributed by atoms with E-state index >= 15 is 0 Å². The molecule has 0 atom stereocenters. The smallest absolute Gasteiger partial charge is 0.410 e. The molecule has 0 saturated heterocycles. The average Bonchev–Trinajstić information content (AvgIpc) is 2.91. The third kappa shape index (κ3) is 5.53.